The van der Waals surface area contributed by atoms with Crippen molar-refractivity contribution in [3.05, 3.63) is 53.0 Å². The van der Waals surface area contributed by atoms with Gasteiger partial charge >= 0.3 is 5.97 Å². The van der Waals surface area contributed by atoms with Crippen molar-refractivity contribution in [3.8, 4) is 5.75 Å². The van der Waals surface area contributed by atoms with Crippen molar-refractivity contribution >= 4 is 33.4 Å². The first kappa shape index (κ1) is 18.0. The molecule has 3 aromatic rings. The predicted octanol–water partition coefficient (Wildman–Crippen LogP) is 3.20. The molecular formula is C19H20N2O4S. The van der Waals surface area contributed by atoms with Gasteiger partial charge in [0, 0.05) is 17.5 Å². The number of hydrogen-bond donors (Lipinski definition) is 1. The molecule has 0 radical (unpaired) electrons. The van der Waals surface area contributed by atoms with Crippen molar-refractivity contribution in [2.75, 3.05) is 13.7 Å². The third-order valence-electron chi connectivity index (χ3n) is 3.95. The number of rotatable bonds is 7. The lowest BCUT2D eigenvalue weighted by atomic mass is 10.2. The molecule has 7 heteroatoms. The highest BCUT2D eigenvalue weighted by Crippen LogP contribution is 2.26. The van der Waals surface area contributed by atoms with E-state index >= 15 is 0 Å². The summed E-state index contributed by atoms with van der Waals surface area (Å²) in [5.41, 5.74) is 1.28. The molecule has 0 bridgehead atoms. The Bertz CT molecular complexity index is 929. The Morgan fingerprint density at radius 3 is 2.81 bits per heavy atom. The number of aromatic nitrogens is 1. The van der Waals surface area contributed by atoms with E-state index in [-0.39, 0.29) is 12.5 Å². The second kappa shape index (κ2) is 8.05. The average molecular weight is 372 g/mol. The molecule has 0 aliphatic carbocycles. The van der Waals surface area contributed by atoms with Crippen LogP contribution in [0, 0.1) is 0 Å². The molecule has 136 valence electrons. The largest absolute Gasteiger partial charge is 0.494 e. The highest BCUT2D eigenvalue weighted by Gasteiger charge is 2.19. The first-order valence-electron chi connectivity index (χ1n) is 8.26. The quantitative estimate of drug-likeness (QED) is 0.647. The number of thiophene rings is 1. The number of hydrogen-bond acceptors (Lipinski definition) is 5. The van der Waals surface area contributed by atoms with Crippen molar-refractivity contribution in [2.24, 2.45) is 0 Å². The molecule has 0 spiro atoms. The van der Waals surface area contributed by atoms with Crippen LogP contribution in [0.25, 0.3) is 10.2 Å². The summed E-state index contributed by atoms with van der Waals surface area (Å²) in [6, 6.07) is 11.3. The van der Waals surface area contributed by atoms with Crippen LogP contribution in [-0.2, 0) is 22.6 Å². The van der Waals surface area contributed by atoms with E-state index in [1.54, 1.807) is 10.6 Å². The molecule has 0 atom stereocenters. The molecule has 0 aliphatic heterocycles. The Morgan fingerprint density at radius 2 is 2.04 bits per heavy atom. The topological polar surface area (TPSA) is 69.6 Å². The Labute approximate surface area is 155 Å². The van der Waals surface area contributed by atoms with Gasteiger partial charge in [-0.2, -0.15) is 0 Å². The van der Waals surface area contributed by atoms with Gasteiger partial charge in [0.1, 0.15) is 22.8 Å². The summed E-state index contributed by atoms with van der Waals surface area (Å²) in [6.07, 6.45) is 0. The SMILES string of the molecule is CCOc1ccccc1CNC(=O)Cn1c(C(=O)OC)cc2ccsc21. The van der Waals surface area contributed by atoms with E-state index in [0.717, 1.165) is 21.5 Å². The number of carbonyl (C=O) groups excluding carboxylic acids is 2. The van der Waals surface area contributed by atoms with E-state index in [2.05, 4.69) is 5.32 Å². The number of methoxy groups -OCH3 is 1. The number of para-hydroxylation sites is 1. The zero-order valence-electron chi connectivity index (χ0n) is 14.7. The number of amides is 1. The maximum absolute atomic E-state index is 12.5. The fourth-order valence-corrected chi connectivity index (χ4v) is 3.64. The van der Waals surface area contributed by atoms with Crippen molar-refractivity contribution in [3.63, 3.8) is 0 Å². The summed E-state index contributed by atoms with van der Waals surface area (Å²) in [5, 5.41) is 5.74. The molecule has 2 heterocycles. The molecule has 0 saturated heterocycles. The predicted molar refractivity (Wildman–Crippen MR) is 101 cm³/mol. The van der Waals surface area contributed by atoms with E-state index in [9.17, 15) is 9.59 Å². The van der Waals surface area contributed by atoms with Gasteiger partial charge in [-0.25, -0.2) is 4.79 Å². The van der Waals surface area contributed by atoms with Gasteiger partial charge in [0.25, 0.3) is 0 Å². The van der Waals surface area contributed by atoms with Gasteiger partial charge in [0.05, 0.1) is 13.7 Å². The van der Waals surface area contributed by atoms with Gasteiger partial charge in [-0.05, 0) is 30.5 Å². The molecule has 26 heavy (non-hydrogen) atoms. The maximum Gasteiger partial charge on any atom is 0.354 e. The van der Waals surface area contributed by atoms with E-state index in [4.69, 9.17) is 9.47 Å². The number of carbonyl (C=O) groups is 2. The zero-order valence-corrected chi connectivity index (χ0v) is 15.5. The van der Waals surface area contributed by atoms with Crippen LogP contribution in [-0.4, -0.2) is 30.2 Å². The Balaban J connectivity index is 1.74. The van der Waals surface area contributed by atoms with Gasteiger partial charge in [-0.1, -0.05) is 18.2 Å². The zero-order chi connectivity index (χ0) is 18.5. The van der Waals surface area contributed by atoms with E-state index in [0.29, 0.717) is 18.8 Å². The van der Waals surface area contributed by atoms with Gasteiger partial charge in [-0.3, -0.25) is 4.79 Å². The molecule has 1 amide bonds. The van der Waals surface area contributed by atoms with Crippen molar-refractivity contribution < 1.29 is 19.1 Å². The molecule has 1 N–H and O–H groups in total. The highest BCUT2D eigenvalue weighted by molar-refractivity contribution is 7.16. The fourth-order valence-electron chi connectivity index (χ4n) is 2.75. The lowest BCUT2D eigenvalue weighted by Crippen LogP contribution is -2.28. The summed E-state index contributed by atoms with van der Waals surface area (Å²) in [6.45, 7) is 2.89. The standard InChI is InChI=1S/C19H20N2O4S/c1-3-25-16-7-5-4-6-14(16)11-20-17(22)12-21-15(19(23)24-2)10-13-8-9-26-18(13)21/h4-10H,3,11-12H2,1-2H3,(H,20,22). The van der Waals surface area contributed by atoms with Crippen LogP contribution in [0.4, 0.5) is 0 Å². The van der Waals surface area contributed by atoms with Crippen LogP contribution in [0.5, 0.6) is 5.75 Å². The minimum atomic E-state index is -0.456. The molecule has 1 aromatic carbocycles. The Morgan fingerprint density at radius 1 is 1.23 bits per heavy atom. The normalized spacial score (nSPS) is 10.7. The number of benzene rings is 1. The summed E-state index contributed by atoms with van der Waals surface area (Å²) in [5.74, 6) is 0.113. The van der Waals surface area contributed by atoms with E-state index < -0.39 is 5.97 Å². The molecule has 0 fully saturated rings. The summed E-state index contributed by atoms with van der Waals surface area (Å²) in [7, 11) is 1.33. The molecule has 0 aliphatic rings. The van der Waals surface area contributed by atoms with Crippen LogP contribution in [0.2, 0.25) is 0 Å². The lowest BCUT2D eigenvalue weighted by molar-refractivity contribution is -0.121. The summed E-state index contributed by atoms with van der Waals surface area (Å²) in [4.78, 5) is 25.3. The first-order valence-corrected chi connectivity index (χ1v) is 9.14. The van der Waals surface area contributed by atoms with Crippen LogP contribution in [0.15, 0.2) is 41.8 Å². The summed E-state index contributed by atoms with van der Waals surface area (Å²) >= 11 is 1.48. The van der Waals surface area contributed by atoms with Crippen LogP contribution >= 0.6 is 11.3 Å². The molecule has 6 nitrogen and oxygen atoms in total. The third-order valence-corrected chi connectivity index (χ3v) is 4.90. The summed E-state index contributed by atoms with van der Waals surface area (Å²) < 4.78 is 12.1. The van der Waals surface area contributed by atoms with Crippen molar-refractivity contribution in [1.82, 2.24) is 9.88 Å². The Hall–Kier alpha value is -2.80. The number of nitrogens with one attached hydrogen (secondary N) is 1. The van der Waals surface area contributed by atoms with Crippen molar-refractivity contribution in [2.45, 2.75) is 20.0 Å². The lowest BCUT2D eigenvalue weighted by Gasteiger charge is -2.12. The number of fused-ring (bicyclic) bond motifs is 1. The smallest absolute Gasteiger partial charge is 0.354 e. The highest BCUT2D eigenvalue weighted by atomic mass is 32.1. The van der Waals surface area contributed by atoms with E-state index in [1.807, 2.05) is 42.6 Å². The van der Waals surface area contributed by atoms with Gasteiger partial charge < -0.3 is 19.4 Å². The monoisotopic (exact) mass is 372 g/mol. The van der Waals surface area contributed by atoms with Crippen LogP contribution < -0.4 is 10.1 Å². The molecule has 3 rings (SSSR count). The molecular weight excluding hydrogens is 352 g/mol. The van der Waals surface area contributed by atoms with Gasteiger partial charge in [0.2, 0.25) is 5.91 Å². The maximum atomic E-state index is 12.5. The Kier molecular flexibility index (Phi) is 5.58. The van der Waals surface area contributed by atoms with Gasteiger partial charge in [0.15, 0.2) is 0 Å². The third kappa shape index (κ3) is 3.72. The minimum Gasteiger partial charge on any atom is -0.494 e. The second-order valence-electron chi connectivity index (χ2n) is 5.61. The molecule has 0 unspecified atom stereocenters. The number of esters is 1. The van der Waals surface area contributed by atoms with E-state index in [1.165, 1.54) is 18.4 Å². The molecule has 2 aromatic heterocycles. The first-order chi connectivity index (χ1) is 12.6. The number of nitrogens with zero attached hydrogens (tertiary/aromatic N) is 1. The minimum absolute atomic E-state index is 0.0469. The van der Waals surface area contributed by atoms with Gasteiger partial charge in [-0.15, -0.1) is 11.3 Å². The molecule has 0 saturated carbocycles. The number of ether oxygens (including phenoxy) is 2. The van der Waals surface area contributed by atoms with Crippen LogP contribution in [0.1, 0.15) is 23.0 Å². The fraction of sp³-hybridized carbons (Fsp3) is 0.263. The van der Waals surface area contributed by atoms with Crippen molar-refractivity contribution in [1.29, 1.82) is 0 Å². The van der Waals surface area contributed by atoms with Crippen LogP contribution in [0.3, 0.4) is 0 Å². The average Bonchev–Trinajstić information content (AvgIpc) is 3.23. The second-order valence-corrected chi connectivity index (χ2v) is 6.50.